The number of rotatable bonds is 7. The maximum Gasteiger partial charge on any atom is 0.287 e. The molecule has 0 bridgehead atoms. The molecule has 1 saturated heterocycles. The number of halogens is 1. The van der Waals surface area contributed by atoms with Crippen LogP contribution >= 0.6 is 11.6 Å². The average Bonchev–Trinajstić information content (AvgIpc) is 3.39. The summed E-state index contributed by atoms with van der Waals surface area (Å²) in [5.74, 6) is 0.845. The van der Waals surface area contributed by atoms with Crippen LogP contribution in [0.2, 0.25) is 5.02 Å². The van der Waals surface area contributed by atoms with Crippen LogP contribution in [0, 0.1) is 0 Å². The van der Waals surface area contributed by atoms with Crippen LogP contribution in [0.25, 0.3) is 0 Å². The summed E-state index contributed by atoms with van der Waals surface area (Å²) < 4.78 is 5.61. The average molecular weight is 416 g/mol. The Kier molecular flexibility index (Phi) is 5.24. The molecular weight excluding hydrogens is 394 g/mol. The van der Waals surface area contributed by atoms with Crippen molar-refractivity contribution in [1.82, 2.24) is 10.2 Å². The summed E-state index contributed by atoms with van der Waals surface area (Å²) in [6.07, 6.45) is 3.48. The Balaban J connectivity index is 1.32. The number of hydrogen-bond donors (Lipinski definition) is 3. The van der Waals surface area contributed by atoms with Gasteiger partial charge in [0.05, 0.1) is 18.3 Å². The zero-order chi connectivity index (χ0) is 20.5. The van der Waals surface area contributed by atoms with E-state index >= 15 is 0 Å². The predicted octanol–water partition coefficient (Wildman–Crippen LogP) is 3.25. The monoisotopic (exact) mass is 415 g/mol. The molecule has 1 saturated carbocycles. The van der Waals surface area contributed by atoms with Crippen molar-refractivity contribution in [3.8, 4) is 5.75 Å². The van der Waals surface area contributed by atoms with Crippen molar-refractivity contribution in [3.05, 3.63) is 59.0 Å². The number of aromatic hydroxyl groups is 1. The van der Waals surface area contributed by atoms with Gasteiger partial charge in [0.2, 0.25) is 5.91 Å². The molecule has 8 heteroatoms. The van der Waals surface area contributed by atoms with E-state index in [1.54, 1.807) is 23.1 Å². The summed E-state index contributed by atoms with van der Waals surface area (Å²) in [4.78, 5) is 25.3. The van der Waals surface area contributed by atoms with E-state index in [9.17, 15) is 14.7 Å². The van der Waals surface area contributed by atoms with Crippen LogP contribution < -0.4 is 10.6 Å². The number of nitrogens with one attached hydrogen (secondary N) is 2. The van der Waals surface area contributed by atoms with Gasteiger partial charge in [-0.2, -0.15) is 0 Å². The molecule has 1 aliphatic heterocycles. The summed E-state index contributed by atoms with van der Waals surface area (Å²) in [5, 5.41) is 16.7. The number of carbonyl (C=O) groups is 2. The smallest absolute Gasteiger partial charge is 0.287 e. The number of nitrogens with zero attached hydrogens (tertiary/aromatic N) is 1. The second kappa shape index (κ2) is 7.83. The van der Waals surface area contributed by atoms with Gasteiger partial charge in [-0.3, -0.25) is 9.59 Å². The first-order chi connectivity index (χ1) is 13.9. The van der Waals surface area contributed by atoms with Crippen LogP contribution in [-0.2, 0) is 11.3 Å². The van der Waals surface area contributed by atoms with Crippen LogP contribution in [0.3, 0.4) is 0 Å². The zero-order valence-electron chi connectivity index (χ0n) is 15.8. The van der Waals surface area contributed by atoms with Crippen molar-refractivity contribution in [1.29, 1.82) is 0 Å². The van der Waals surface area contributed by atoms with Crippen LogP contribution in [0.15, 0.2) is 41.3 Å². The SMILES string of the molecule is C=CC(=O)N1CC(NC(=O)c2ccc(CNc3cc(C4CC4)c(Cl)cc3O)o2)C1. The van der Waals surface area contributed by atoms with E-state index < -0.39 is 0 Å². The largest absolute Gasteiger partial charge is 0.506 e. The van der Waals surface area contributed by atoms with Crippen LogP contribution in [0.1, 0.15) is 40.6 Å². The van der Waals surface area contributed by atoms with Gasteiger partial charge in [0.1, 0.15) is 11.5 Å². The van der Waals surface area contributed by atoms with Crippen LogP contribution in [0.5, 0.6) is 5.75 Å². The summed E-state index contributed by atoms with van der Waals surface area (Å²) in [5.41, 5.74) is 1.62. The number of hydrogen-bond acceptors (Lipinski definition) is 5. The van der Waals surface area contributed by atoms with E-state index in [0.717, 1.165) is 18.4 Å². The fourth-order valence-electron chi connectivity index (χ4n) is 3.34. The third kappa shape index (κ3) is 4.24. The lowest BCUT2D eigenvalue weighted by Crippen LogP contribution is -2.60. The minimum absolute atomic E-state index is 0.0764. The number of carbonyl (C=O) groups excluding carboxylic acids is 2. The lowest BCUT2D eigenvalue weighted by molar-refractivity contribution is -0.130. The molecule has 1 aromatic heterocycles. The minimum atomic E-state index is -0.322. The number of benzene rings is 1. The van der Waals surface area contributed by atoms with E-state index in [4.69, 9.17) is 16.0 Å². The Bertz CT molecular complexity index is 961. The third-order valence-corrected chi connectivity index (χ3v) is 5.50. The predicted molar refractivity (Wildman–Crippen MR) is 109 cm³/mol. The van der Waals surface area contributed by atoms with E-state index in [-0.39, 0.29) is 29.4 Å². The quantitative estimate of drug-likeness (QED) is 0.476. The molecule has 152 valence electrons. The standard InChI is InChI=1S/C21H22ClN3O4/c1-2-20(27)25-10-13(11-25)24-21(28)19-6-5-14(29-19)9-23-17-7-15(12-3-4-12)16(22)8-18(17)26/h2,5-8,12-13,23,26H,1,3-4,9-11H2,(H,24,28). The summed E-state index contributed by atoms with van der Waals surface area (Å²) in [6.45, 7) is 4.69. The Morgan fingerprint density at radius 3 is 2.76 bits per heavy atom. The maximum atomic E-state index is 12.3. The Hall–Kier alpha value is -2.93. The fourth-order valence-corrected chi connectivity index (χ4v) is 3.65. The Morgan fingerprint density at radius 1 is 1.31 bits per heavy atom. The Morgan fingerprint density at radius 2 is 2.07 bits per heavy atom. The van der Waals surface area contributed by atoms with Crippen LogP contribution in [-0.4, -0.2) is 41.0 Å². The molecule has 2 heterocycles. The van der Waals surface area contributed by atoms with Crippen molar-refractivity contribution >= 4 is 29.1 Å². The highest BCUT2D eigenvalue weighted by Gasteiger charge is 2.31. The number of anilines is 1. The zero-order valence-corrected chi connectivity index (χ0v) is 16.5. The molecule has 2 amide bonds. The number of amides is 2. The highest BCUT2D eigenvalue weighted by atomic mass is 35.5. The number of likely N-dealkylation sites (tertiary alicyclic amines) is 1. The normalized spacial score (nSPS) is 16.2. The molecule has 29 heavy (non-hydrogen) atoms. The Labute approximate surface area is 173 Å². The summed E-state index contributed by atoms with van der Waals surface area (Å²) in [7, 11) is 0. The first-order valence-electron chi connectivity index (χ1n) is 9.51. The van der Waals surface area contributed by atoms with Crippen molar-refractivity contribution < 1.29 is 19.1 Å². The number of furan rings is 1. The summed E-state index contributed by atoms with van der Waals surface area (Å²) >= 11 is 6.21. The number of phenolic OH excluding ortho intramolecular Hbond substituents is 1. The molecule has 0 radical (unpaired) electrons. The molecule has 0 atom stereocenters. The van der Waals surface area contributed by atoms with Crippen molar-refractivity contribution in [2.75, 3.05) is 18.4 Å². The van der Waals surface area contributed by atoms with Gasteiger partial charge in [0, 0.05) is 24.2 Å². The lowest BCUT2D eigenvalue weighted by atomic mass is 10.1. The number of phenols is 1. The highest BCUT2D eigenvalue weighted by molar-refractivity contribution is 6.31. The topological polar surface area (TPSA) is 94.8 Å². The van der Waals surface area contributed by atoms with Gasteiger partial charge < -0.3 is 25.1 Å². The molecule has 1 aliphatic carbocycles. The molecule has 0 spiro atoms. The van der Waals surface area contributed by atoms with Gasteiger partial charge >= 0.3 is 0 Å². The van der Waals surface area contributed by atoms with Gasteiger partial charge in [0.15, 0.2) is 5.76 Å². The maximum absolute atomic E-state index is 12.3. The van der Waals surface area contributed by atoms with E-state index in [1.165, 1.54) is 6.08 Å². The first kappa shape index (κ1) is 19.4. The molecule has 2 aromatic rings. The van der Waals surface area contributed by atoms with E-state index in [0.29, 0.717) is 42.0 Å². The van der Waals surface area contributed by atoms with Crippen LogP contribution in [0.4, 0.5) is 5.69 Å². The van der Waals surface area contributed by atoms with Gasteiger partial charge in [-0.15, -0.1) is 0 Å². The van der Waals surface area contributed by atoms with Crippen molar-refractivity contribution in [2.24, 2.45) is 0 Å². The van der Waals surface area contributed by atoms with Gasteiger partial charge in [-0.1, -0.05) is 18.2 Å². The lowest BCUT2D eigenvalue weighted by Gasteiger charge is -2.38. The molecule has 7 nitrogen and oxygen atoms in total. The fraction of sp³-hybridized carbons (Fsp3) is 0.333. The highest BCUT2D eigenvalue weighted by Crippen LogP contribution is 2.46. The van der Waals surface area contributed by atoms with Gasteiger partial charge in [-0.25, -0.2) is 0 Å². The molecule has 2 fully saturated rings. The second-order valence-electron chi connectivity index (χ2n) is 7.40. The van der Waals surface area contributed by atoms with Crippen molar-refractivity contribution in [2.45, 2.75) is 31.3 Å². The first-order valence-corrected chi connectivity index (χ1v) is 9.89. The van der Waals surface area contributed by atoms with Gasteiger partial charge in [0.25, 0.3) is 5.91 Å². The molecule has 4 rings (SSSR count). The summed E-state index contributed by atoms with van der Waals surface area (Å²) in [6, 6.07) is 6.65. The third-order valence-electron chi connectivity index (χ3n) is 5.17. The van der Waals surface area contributed by atoms with Crippen molar-refractivity contribution in [3.63, 3.8) is 0 Å². The second-order valence-corrected chi connectivity index (χ2v) is 7.81. The molecule has 3 N–H and O–H groups in total. The molecule has 0 unspecified atom stereocenters. The van der Waals surface area contributed by atoms with Gasteiger partial charge in [-0.05, 0) is 48.6 Å². The minimum Gasteiger partial charge on any atom is -0.506 e. The molecule has 1 aromatic carbocycles. The van der Waals surface area contributed by atoms with E-state index in [1.807, 2.05) is 6.07 Å². The molecular formula is C21H22ClN3O4. The molecule has 2 aliphatic rings. The van der Waals surface area contributed by atoms with E-state index in [2.05, 4.69) is 17.2 Å².